The Bertz CT molecular complexity index is 775. The Kier molecular flexibility index (Phi) is 3.98. The summed E-state index contributed by atoms with van der Waals surface area (Å²) >= 11 is 3.42. The molecule has 1 aromatic carbocycles. The van der Waals surface area contributed by atoms with E-state index in [9.17, 15) is 9.59 Å². The lowest BCUT2D eigenvalue weighted by Gasteiger charge is -2.19. The van der Waals surface area contributed by atoms with E-state index in [-0.39, 0.29) is 10.8 Å². The molecule has 0 aliphatic carbocycles. The third kappa shape index (κ3) is 2.58. The Morgan fingerprint density at radius 3 is 2.95 bits per heavy atom. The Morgan fingerprint density at radius 1 is 1.52 bits per heavy atom. The fraction of sp³-hybridized carbons (Fsp3) is 0.286. The van der Waals surface area contributed by atoms with Gasteiger partial charge in [-0.1, -0.05) is 11.6 Å². The number of aryl methyl sites for hydroxylation is 1. The Balaban J connectivity index is 2.08. The zero-order valence-corrected chi connectivity index (χ0v) is 14.1. The predicted octanol–water partition coefficient (Wildman–Crippen LogP) is 2.95. The van der Waals surface area contributed by atoms with Gasteiger partial charge in [0.1, 0.15) is 17.9 Å². The lowest BCUT2D eigenvalue weighted by Crippen LogP contribution is -2.32. The second kappa shape index (κ2) is 5.62. The molecule has 2 atom stereocenters. The largest absolute Gasteiger partial charge is 0.480 e. The van der Waals surface area contributed by atoms with E-state index in [1.807, 2.05) is 35.9 Å². The van der Waals surface area contributed by atoms with Crippen LogP contribution in [0.4, 0.5) is 0 Å². The zero-order valence-electron chi connectivity index (χ0n) is 11.1. The smallest absolute Gasteiger partial charge is 0.322 e. The van der Waals surface area contributed by atoms with Gasteiger partial charge in [0.05, 0.1) is 16.3 Å². The minimum Gasteiger partial charge on any atom is -0.480 e. The van der Waals surface area contributed by atoms with Crippen LogP contribution in [0.1, 0.15) is 16.5 Å². The number of thioether (sulfide) groups is 1. The van der Waals surface area contributed by atoms with Gasteiger partial charge in [0.25, 0.3) is 0 Å². The van der Waals surface area contributed by atoms with Gasteiger partial charge in [-0.15, -0.1) is 11.8 Å². The first-order valence-corrected chi connectivity index (χ1v) is 8.31. The van der Waals surface area contributed by atoms with Crippen LogP contribution in [0.3, 0.4) is 0 Å². The van der Waals surface area contributed by atoms with Crippen LogP contribution in [0, 0.1) is 6.92 Å². The highest BCUT2D eigenvalue weighted by molar-refractivity contribution is 14.1. The number of hydrogen-bond acceptors (Lipinski definition) is 5. The number of benzene rings is 1. The van der Waals surface area contributed by atoms with Crippen molar-refractivity contribution in [3.63, 3.8) is 0 Å². The lowest BCUT2D eigenvalue weighted by atomic mass is 10.1. The molecule has 1 aliphatic rings. The van der Waals surface area contributed by atoms with E-state index in [0.29, 0.717) is 22.3 Å². The van der Waals surface area contributed by atoms with Crippen LogP contribution in [-0.2, 0) is 4.79 Å². The molecule has 0 saturated carbocycles. The molecule has 0 bridgehead atoms. The minimum absolute atomic E-state index is 0.0924. The van der Waals surface area contributed by atoms with Crippen molar-refractivity contribution in [2.45, 2.75) is 18.3 Å². The number of hydrogen-bond donors (Lipinski definition) is 1. The number of carboxylic acid groups (broad SMARTS) is 1. The van der Waals surface area contributed by atoms with E-state index in [1.165, 1.54) is 18.0 Å². The van der Waals surface area contributed by atoms with Gasteiger partial charge in [-0.25, -0.2) is 3.11 Å². The van der Waals surface area contributed by atoms with Crippen molar-refractivity contribution in [1.29, 1.82) is 0 Å². The van der Waals surface area contributed by atoms with Crippen LogP contribution < -0.4 is 5.43 Å². The Hall–Kier alpha value is -1.06. The van der Waals surface area contributed by atoms with Crippen LogP contribution in [0.25, 0.3) is 11.0 Å². The first-order valence-electron chi connectivity index (χ1n) is 6.29. The third-order valence-corrected chi connectivity index (χ3v) is 6.35. The summed E-state index contributed by atoms with van der Waals surface area (Å²) in [5.74, 6) is -0.422. The van der Waals surface area contributed by atoms with Crippen molar-refractivity contribution in [3.8, 4) is 0 Å². The number of nitrogens with zero attached hydrogens (tertiary/aromatic N) is 1. The number of halogens is 1. The van der Waals surface area contributed by atoms with E-state index < -0.39 is 12.0 Å². The second-order valence-corrected chi connectivity index (χ2v) is 7.13. The SMILES string of the molecule is Cc1ccc2occ(C3SCC(C(=O)O)N3I)c(=O)c2c1. The van der Waals surface area contributed by atoms with E-state index in [0.717, 1.165) is 5.56 Å². The standard InChI is InChI=1S/C14H12INO4S/c1-7-2-3-11-8(4-7)12(17)9(5-20-11)13-16(15)10(6-21-13)14(18)19/h2-5,10,13H,6H2,1H3,(H,18,19). The molecule has 0 amide bonds. The number of fused-ring (bicyclic) bond motifs is 1. The monoisotopic (exact) mass is 417 g/mol. The minimum atomic E-state index is -0.875. The van der Waals surface area contributed by atoms with Crippen molar-refractivity contribution < 1.29 is 14.3 Å². The van der Waals surface area contributed by atoms with Crippen molar-refractivity contribution in [1.82, 2.24) is 3.11 Å². The number of carboxylic acids is 1. The number of aliphatic carboxylic acids is 1. The highest BCUT2D eigenvalue weighted by Gasteiger charge is 2.39. The van der Waals surface area contributed by atoms with Gasteiger partial charge < -0.3 is 9.52 Å². The summed E-state index contributed by atoms with van der Waals surface area (Å²) in [5.41, 5.74) is 1.94. The molecule has 2 heterocycles. The summed E-state index contributed by atoms with van der Waals surface area (Å²) in [5, 5.41) is 9.40. The summed E-state index contributed by atoms with van der Waals surface area (Å²) in [6, 6.07) is 4.88. The maximum atomic E-state index is 12.6. The first-order chi connectivity index (χ1) is 9.99. The average molecular weight is 417 g/mol. The van der Waals surface area contributed by atoms with Crippen LogP contribution in [0.2, 0.25) is 0 Å². The highest BCUT2D eigenvalue weighted by atomic mass is 127. The van der Waals surface area contributed by atoms with E-state index >= 15 is 0 Å². The fourth-order valence-electron chi connectivity index (χ4n) is 2.32. The maximum absolute atomic E-state index is 12.6. The van der Waals surface area contributed by atoms with Crippen molar-refractivity contribution in [2.75, 3.05) is 5.75 Å². The molecule has 5 nitrogen and oxygen atoms in total. The number of rotatable bonds is 2. The summed E-state index contributed by atoms with van der Waals surface area (Å²) in [6.07, 6.45) is 1.45. The molecule has 1 fully saturated rings. The molecular weight excluding hydrogens is 405 g/mol. The van der Waals surface area contributed by atoms with Crippen molar-refractivity contribution >= 4 is 51.6 Å². The van der Waals surface area contributed by atoms with Crippen LogP contribution in [0.15, 0.2) is 33.7 Å². The van der Waals surface area contributed by atoms with E-state index in [4.69, 9.17) is 9.52 Å². The van der Waals surface area contributed by atoms with E-state index in [2.05, 4.69) is 0 Å². The second-order valence-electron chi connectivity index (χ2n) is 4.90. The molecule has 0 radical (unpaired) electrons. The Morgan fingerprint density at radius 2 is 2.29 bits per heavy atom. The quantitative estimate of drug-likeness (QED) is 0.599. The topological polar surface area (TPSA) is 70.8 Å². The lowest BCUT2D eigenvalue weighted by molar-refractivity contribution is -0.140. The van der Waals surface area contributed by atoms with Gasteiger partial charge >= 0.3 is 5.97 Å². The molecule has 3 rings (SSSR count). The summed E-state index contributed by atoms with van der Waals surface area (Å²) in [4.78, 5) is 23.8. The van der Waals surface area contributed by atoms with Gasteiger partial charge in [0.2, 0.25) is 0 Å². The molecule has 0 spiro atoms. The molecule has 2 aromatic rings. The molecule has 110 valence electrons. The zero-order chi connectivity index (χ0) is 15.1. The van der Waals surface area contributed by atoms with Crippen molar-refractivity contribution in [2.24, 2.45) is 0 Å². The molecule has 2 unspecified atom stereocenters. The maximum Gasteiger partial charge on any atom is 0.322 e. The molecule has 7 heteroatoms. The molecule has 1 saturated heterocycles. The molecule has 1 N–H and O–H groups in total. The van der Waals surface area contributed by atoms with Crippen LogP contribution in [-0.4, -0.2) is 26.0 Å². The average Bonchev–Trinajstić information content (AvgIpc) is 2.82. The summed E-state index contributed by atoms with van der Waals surface area (Å²) in [6.45, 7) is 1.92. The van der Waals surface area contributed by atoms with Gasteiger partial charge in [0, 0.05) is 28.6 Å². The van der Waals surface area contributed by atoms with Gasteiger partial charge in [-0.3, -0.25) is 9.59 Å². The molecule has 1 aliphatic heterocycles. The van der Waals surface area contributed by atoms with Crippen molar-refractivity contribution in [3.05, 3.63) is 45.8 Å². The molecule has 21 heavy (non-hydrogen) atoms. The highest BCUT2D eigenvalue weighted by Crippen LogP contribution is 2.43. The summed E-state index contributed by atoms with van der Waals surface area (Å²) in [7, 11) is 0. The van der Waals surface area contributed by atoms with Crippen LogP contribution in [0.5, 0.6) is 0 Å². The Labute approximate surface area is 138 Å². The van der Waals surface area contributed by atoms with Gasteiger partial charge in [-0.05, 0) is 19.1 Å². The van der Waals surface area contributed by atoms with Crippen LogP contribution >= 0.6 is 34.6 Å². The van der Waals surface area contributed by atoms with Gasteiger partial charge in [0.15, 0.2) is 5.43 Å². The summed E-state index contributed by atoms with van der Waals surface area (Å²) < 4.78 is 7.22. The normalized spacial score (nSPS) is 22.8. The third-order valence-electron chi connectivity index (χ3n) is 3.44. The fourth-order valence-corrected chi connectivity index (χ4v) is 5.10. The first kappa shape index (κ1) is 14.9. The molecular formula is C14H12INO4S. The predicted molar refractivity (Wildman–Crippen MR) is 89.7 cm³/mol. The van der Waals surface area contributed by atoms with E-state index in [1.54, 1.807) is 15.2 Å². The number of carbonyl (C=O) groups is 1. The molecule has 1 aromatic heterocycles. The van der Waals surface area contributed by atoms with Gasteiger partial charge in [-0.2, -0.15) is 0 Å².